The molecule has 3 rings (SSSR count). The van der Waals surface area contributed by atoms with Crippen LogP contribution in [0, 0.1) is 0 Å². The number of hydrogen-bond donors (Lipinski definition) is 0. The van der Waals surface area contributed by atoms with Gasteiger partial charge in [-0.3, -0.25) is 0 Å². The monoisotopic (exact) mass is 540 g/mol. The smallest absolute Gasteiger partial charge is 0.203 e. The van der Waals surface area contributed by atoms with E-state index in [1.54, 1.807) is 45.6 Å². The maximum atomic E-state index is 13.6. The van der Waals surface area contributed by atoms with Crippen molar-refractivity contribution in [3.63, 3.8) is 0 Å². The Bertz CT molecular complexity index is 1390. The first-order chi connectivity index (χ1) is 18.0. The second-order valence-electron chi connectivity index (χ2n) is 9.70. The molecular weight excluding hydrogens is 504 g/mol. The number of hydrogen-bond acceptors (Lipinski definition) is 7. The van der Waals surface area contributed by atoms with E-state index in [0.717, 1.165) is 11.1 Å². The van der Waals surface area contributed by atoms with Gasteiger partial charge in [-0.2, -0.15) is 0 Å². The Morgan fingerprint density at radius 3 is 1.84 bits per heavy atom. The first-order valence-corrected chi connectivity index (χ1v) is 13.7. The van der Waals surface area contributed by atoms with Crippen LogP contribution in [0.15, 0.2) is 53.4 Å². The Kier molecular flexibility index (Phi) is 8.99. The first-order valence-electron chi connectivity index (χ1n) is 12.0. The lowest BCUT2D eigenvalue weighted by atomic mass is 9.87. The molecule has 8 heteroatoms. The summed E-state index contributed by atoms with van der Waals surface area (Å²) >= 11 is 0. The molecule has 204 valence electrons. The fraction of sp³-hybridized carbons (Fsp3) is 0.333. The minimum atomic E-state index is -3.72. The molecule has 0 amide bonds. The van der Waals surface area contributed by atoms with E-state index >= 15 is 0 Å². The van der Waals surface area contributed by atoms with E-state index in [0.29, 0.717) is 39.9 Å². The van der Waals surface area contributed by atoms with Crippen molar-refractivity contribution in [3.8, 4) is 28.7 Å². The van der Waals surface area contributed by atoms with Crippen LogP contribution in [-0.4, -0.2) is 44.0 Å². The first kappa shape index (κ1) is 28.9. The summed E-state index contributed by atoms with van der Waals surface area (Å²) in [6.07, 6.45) is 3.68. The maximum Gasteiger partial charge on any atom is 0.203 e. The topological polar surface area (TPSA) is 80.3 Å². The van der Waals surface area contributed by atoms with Gasteiger partial charge in [0.05, 0.1) is 46.2 Å². The van der Waals surface area contributed by atoms with E-state index in [1.165, 1.54) is 14.2 Å². The number of ether oxygens (including phenoxy) is 5. The lowest BCUT2D eigenvalue weighted by Crippen LogP contribution is -2.13. The molecule has 0 spiro atoms. The third-order valence-electron chi connectivity index (χ3n) is 6.22. The van der Waals surface area contributed by atoms with Crippen molar-refractivity contribution in [3.05, 3.63) is 70.8 Å². The second-order valence-corrected chi connectivity index (χ2v) is 11.7. The highest BCUT2D eigenvalue weighted by Gasteiger charge is 2.24. The van der Waals surface area contributed by atoms with E-state index in [-0.39, 0.29) is 16.1 Å². The van der Waals surface area contributed by atoms with Gasteiger partial charge in [-0.25, -0.2) is 8.42 Å². The lowest BCUT2D eigenvalue weighted by molar-refractivity contribution is 0.324. The Labute approximate surface area is 225 Å². The number of benzene rings is 3. The molecular formula is C30H36O7S. The van der Waals surface area contributed by atoms with Crippen molar-refractivity contribution >= 4 is 22.0 Å². The molecule has 0 bridgehead atoms. The summed E-state index contributed by atoms with van der Waals surface area (Å²) in [5, 5.41) is 0. The zero-order valence-corrected chi connectivity index (χ0v) is 24.1. The van der Waals surface area contributed by atoms with Gasteiger partial charge < -0.3 is 23.7 Å². The SMILES string of the molecule is COc1cc(/C=C\c2ccc(OC)c(OC)c2CS(=O)(=O)c2cccc(C(C)(C)C)c2)cc(OC)c1OC. The van der Waals surface area contributed by atoms with Crippen molar-refractivity contribution in [2.24, 2.45) is 0 Å². The molecule has 0 saturated carbocycles. The largest absolute Gasteiger partial charge is 0.493 e. The normalized spacial score (nSPS) is 11.9. The van der Waals surface area contributed by atoms with Crippen LogP contribution in [0.3, 0.4) is 0 Å². The third kappa shape index (κ3) is 6.25. The van der Waals surface area contributed by atoms with E-state index in [1.807, 2.05) is 36.4 Å². The molecule has 0 atom stereocenters. The van der Waals surface area contributed by atoms with Gasteiger partial charge in [0.15, 0.2) is 32.8 Å². The fourth-order valence-electron chi connectivity index (χ4n) is 4.12. The minimum absolute atomic E-state index is 0.187. The van der Waals surface area contributed by atoms with Gasteiger partial charge in [-0.05, 0) is 52.4 Å². The summed E-state index contributed by atoms with van der Waals surface area (Å²) in [5.41, 5.74) is 2.71. The minimum Gasteiger partial charge on any atom is -0.493 e. The summed E-state index contributed by atoms with van der Waals surface area (Å²) in [4.78, 5) is 0.259. The zero-order valence-electron chi connectivity index (χ0n) is 23.2. The maximum absolute atomic E-state index is 13.6. The Morgan fingerprint density at radius 1 is 0.711 bits per heavy atom. The molecule has 0 aliphatic heterocycles. The molecule has 0 N–H and O–H groups in total. The van der Waals surface area contributed by atoms with Crippen molar-refractivity contribution in [1.82, 2.24) is 0 Å². The summed E-state index contributed by atoms with van der Waals surface area (Å²) < 4.78 is 54.7. The standard InChI is InChI=1S/C30H36O7S/c1-30(2,3)22-10-9-11-23(18-22)38(31,32)19-24-21(14-15-25(33-4)28(24)36-7)13-12-20-16-26(34-5)29(37-8)27(17-20)35-6/h9-18H,19H2,1-8H3/b13-12-. The van der Waals surface area contributed by atoms with Crippen LogP contribution in [0.5, 0.6) is 28.7 Å². The molecule has 0 unspecified atom stereocenters. The van der Waals surface area contributed by atoms with Gasteiger partial charge in [0, 0.05) is 5.56 Å². The highest BCUT2D eigenvalue weighted by Crippen LogP contribution is 2.40. The highest BCUT2D eigenvalue weighted by atomic mass is 32.2. The van der Waals surface area contributed by atoms with Crippen LogP contribution in [0.1, 0.15) is 43.0 Å². The fourth-order valence-corrected chi connectivity index (χ4v) is 5.56. The number of rotatable bonds is 10. The van der Waals surface area contributed by atoms with Crippen LogP contribution < -0.4 is 23.7 Å². The summed E-state index contributed by atoms with van der Waals surface area (Å²) in [6.45, 7) is 6.15. The molecule has 38 heavy (non-hydrogen) atoms. The van der Waals surface area contributed by atoms with Crippen molar-refractivity contribution < 1.29 is 32.1 Å². The molecule has 0 fully saturated rings. The molecule has 3 aromatic rings. The van der Waals surface area contributed by atoms with E-state index in [9.17, 15) is 8.42 Å². The zero-order chi connectivity index (χ0) is 28.1. The third-order valence-corrected chi connectivity index (χ3v) is 7.86. The van der Waals surface area contributed by atoms with Gasteiger partial charge >= 0.3 is 0 Å². The molecule has 0 aliphatic carbocycles. The molecule has 7 nitrogen and oxygen atoms in total. The quantitative estimate of drug-likeness (QED) is 0.285. The predicted molar refractivity (Wildman–Crippen MR) is 151 cm³/mol. The van der Waals surface area contributed by atoms with Crippen LogP contribution in [0.25, 0.3) is 12.2 Å². The van der Waals surface area contributed by atoms with Crippen molar-refractivity contribution in [2.45, 2.75) is 36.8 Å². The average Bonchev–Trinajstić information content (AvgIpc) is 2.90. The van der Waals surface area contributed by atoms with E-state index in [2.05, 4.69) is 20.8 Å². The van der Waals surface area contributed by atoms with Gasteiger partial charge in [0.1, 0.15) is 0 Å². The van der Waals surface area contributed by atoms with Crippen molar-refractivity contribution in [1.29, 1.82) is 0 Å². The molecule has 3 aromatic carbocycles. The number of methoxy groups -OCH3 is 5. The second kappa shape index (κ2) is 11.8. The van der Waals surface area contributed by atoms with Gasteiger partial charge in [-0.1, -0.05) is 51.1 Å². The molecule has 0 aromatic heterocycles. The highest BCUT2D eigenvalue weighted by molar-refractivity contribution is 7.90. The summed E-state index contributed by atoms with van der Waals surface area (Å²) in [7, 11) is 3.96. The van der Waals surface area contributed by atoms with Gasteiger partial charge in [0.2, 0.25) is 5.75 Å². The van der Waals surface area contributed by atoms with Crippen LogP contribution in [0.4, 0.5) is 0 Å². The number of sulfone groups is 1. The van der Waals surface area contributed by atoms with Gasteiger partial charge in [0.25, 0.3) is 0 Å². The molecule has 0 aliphatic rings. The van der Waals surface area contributed by atoms with E-state index < -0.39 is 9.84 Å². The molecule has 0 saturated heterocycles. The van der Waals surface area contributed by atoms with Gasteiger partial charge in [-0.15, -0.1) is 0 Å². The van der Waals surface area contributed by atoms with Crippen LogP contribution >= 0.6 is 0 Å². The van der Waals surface area contributed by atoms with Crippen LogP contribution in [-0.2, 0) is 21.0 Å². The molecule has 0 heterocycles. The lowest BCUT2D eigenvalue weighted by Gasteiger charge is -2.20. The Morgan fingerprint density at radius 2 is 1.32 bits per heavy atom. The van der Waals surface area contributed by atoms with Crippen molar-refractivity contribution in [2.75, 3.05) is 35.5 Å². The van der Waals surface area contributed by atoms with Crippen LogP contribution in [0.2, 0.25) is 0 Å². The Hall–Kier alpha value is -3.65. The predicted octanol–water partition coefficient (Wildman–Crippen LogP) is 6.17. The Balaban J connectivity index is 2.11. The molecule has 0 radical (unpaired) electrons. The summed E-state index contributed by atoms with van der Waals surface area (Å²) in [6, 6.07) is 14.3. The average molecular weight is 541 g/mol. The summed E-state index contributed by atoms with van der Waals surface area (Å²) in [5.74, 6) is 2.07. The van der Waals surface area contributed by atoms with E-state index in [4.69, 9.17) is 23.7 Å².